The first-order valence-electron chi connectivity index (χ1n) is 12.6. The van der Waals surface area contributed by atoms with Crippen LogP contribution >= 0.6 is 0 Å². The van der Waals surface area contributed by atoms with Gasteiger partial charge in [-0.15, -0.1) is 5.92 Å². The van der Waals surface area contributed by atoms with Crippen molar-refractivity contribution in [2.45, 2.75) is 37.6 Å². The molecule has 7 nitrogen and oxygen atoms in total. The lowest BCUT2D eigenvalue weighted by Gasteiger charge is -2.19. The predicted molar refractivity (Wildman–Crippen MR) is 144 cm³/mol. The Morgan fingerprint density at radius 1 is 1.13 bits per heavy atom. The summed E-state index contributed by atoms with van der Waals surface area (Å²) < 4.78 is 37.7. The van der Waals surface area contributed by atoms with Crippen molar-refractivity contribution in [1.29, 1.82) is 0 Å². The van der Waals surface area contributed by atoms with E-state index in [2.05, 4.69) is 28.8 Å². The van der Waals surface area contributed by atoms with Crippen LogP contribution in [0.15, 0.2) is 58.6 Å². The monoisotopic (exact) mass is 521 g/mol. The van der Waals surface area contributed by atoms with Crippen molar-refractivity contribution in [3.8, 4) is 11.8 Å². The zero-order chi connectivity index (χ0) is 27.2. The van der Waals surface area contributed by atoms with Crippen LogP contribution in [0.1, 0.15) is 41.9 Å². The van der Waals surface area contributed by atoms with E-state index < -0.39 is 17.6 Å². The molecule has 2 aromatic heterocycles. The van der Waals surface area contributed by atoms with Crippen LogP contribution in [0.5, 0.6) is 0 Å². The molecule has 9 heteroatoms. The van der Waals surface area contributed by atoms with Gasteiger partial charge in [-0.3, -0.25) is 4.79 Å². The van der Waals surface area contributed by atoms with E-state index in [0.29, 0.717) is 30.5 Å². The van der Waals surface area contributed by atoms with Crippen LogP contribution in [-0.4, -0.2) is 46.3 Å². The zero-order valence-electron chi connectivity index (χ0n) is 22.0. The van der Waals surface area contributed by atoms with Gasteiger partial charge in [-0.25, -0.2) is 8.78 Å². The molecule has 1 aliphatic heterocycles. The molecule has 2 unspecified atom stereocenters. The Kier molecular flexibility index (Phi) is 8.64. The van der Waals surface area contributed by atoms with Crippen LogP contribution in [0.2, 0.25) is 0 Å². The van der Waals surface area contributed by atoms with E-state index in [9.17, 15) is 13.6 Å². The van der Waals surface area contributed by atoms with E-state index in [1.165, 1.54) is 4.57 Å². The molecule has 0 bridgehead atoms. The van der Waals surface area contributed by atoms with Gasteiger partial charge in [0.2, 0.25) is 0 Å². The fourth-order valence-corrected chi connectivity index (χ4v) is 4.75. The molecule has 1 fully saturated rings. The first-order chi connectivity index (χ1) is 18.2. The highest BCUT2D eigenvalue weighted by atomic mass is 19.1. The van der Waals surface area contributed by atoms with Gasteiger partial charge in [-0.1, -0.05) is 12.0 Å². The normalized spacial score (nSPS) is 16.8. The molecule has 1 saturated heterocycles. The highest BCUT2D eigenvalue weighted by molar-refractivity contribution is 5.75. The number of aryl methyl sites for hydroxylation is 2. The molecule has 3 aromatic rings. The van der Waals surface area contributed by atoms with Crippen molar-refractivity contribution in [3.05, 3.63) is 87.5 Å². The van der Waals surface area contributed by atoms with Crippen molar-refractivity contribution in [3.63, 3.8) is 0 Å². The van der Waals surface area contributed by atoms with Crippen LogP contribution in [0.4, 0.5) is 14.6 Å². The standard InChI is InChI=1S/C29H33F2N5O2/c1-34-15-6-9-22(34)19-38-29(32)33-27-20(14-17-35(27)2)8-4-5-10-23(24-11-7-16-36(3)28(24)37)25-18-21(30)12-13-26(25)31/h7,11-14,16-18,22-23H,6,8-10,15,19H2,1-3H3,(H2,32,33). The van der Waals surface area contributed by atoms with Crippen LogP contribution in [0, 0.1) is 23.5 Å². The molecule has 38 heavy (non-hydrogen) atoms. The number of likely N-dealkylation sites (tertiary alicyclic amines) is 1. The molecule has 0 saturated carbocycles. The summed E-state index contributed by atoms with van der Waals surface area (Å²) >= 11 is 0. The molecule has 1 aliphatic rings. The van der Waals surface area contributed by atoms with Gasteiger partial charge in [-0.2, -0.15) is 4.99 Å². The molecular formula is C29H33F2N5O2. The number of aliphatic imine (C=N–C) groups is 1. The lowest BCUT2D eigenvalue weighted by Crippen LogP contribution is -2.32. The van der Waals surface area contributed by atoms with Gasteiger partial charge >= 0.3 is 0 Å². The molecule has 200 valence electrons. The molecule has 1 aromatic carbocycles. The van der Waals surface area contributed by atoms with Crippen molar-refractivity contribution < 1.29 is 13.5 Å². The number of halogens is 2. The Labute approximate surface area is 221 Å². The Morgan fingerprint density at radius 2 is 1.95 bits per heavy atom. The van der Waals surface area contributed by atoms with Gasteiger partial charge in [0.1, 0.15) is 24.1 Å². The molecule has 3 heterocycles. The third kappa shape index (κ3) is 6.32. The lowest BCUT2D eigenvalue weighted by molar-refractivity contribution is 0.188. The summed E-state index contributed by atoms with van der Waals surface area (Å²) in [6.07, 6.45) is 6.22. The maximum absolute atomic E-state index is 14.7. The van der Waals surface area contributed by atoms with Crippen LogP contribution in [0.3, 0.4) is 0 Å². The van der Waals surface area contributed by atoms with Crippen molar-refractivity contribution >= 4 is 11.8 Å². The average molecular weight is 522 g/mol. The number of hydrogen-bond donors (Lipinski definition) is 1. The summed E-state index contributed by atoms with van der Waals surface area (Å²) in [5.41, 5.74) is 7.10. The Balaban J connectivity index is 1.51. The van der Waals surface area contributed by atoms with Crippen molar-refractivity contribution in [2.24, 2.45) is 24.8 Å². The van der Waals surface area contributed by atoms with Gasteiger partial charge in [-0.05, 0) is 62.3 Å². The number of aromatic nitrogens is 2. The Morgan fingerprint density at radius 3 is 2.71 bits per heavy atom. The fourth-order valence-electron chi connectivity index (χ4n) is 4.75. The SMILES string of the molecule is CN1CCCC1COC(N)=Nc1c(CC#CCC(c2cc(F)ccc2F)c2cccn(C)c2=O)ccn1C. The van der Waals surface area contributed by atoms with Gasteiger partial charge in [0.15, 0.2) is 0 Å². The van der Waals surface area contributed by atoms with Gasteiger partial charge in [0, 0.05) is 62.4 Å². The molecule has 2 atom stereocenters. The number of rotatable bonds is 7. The van der Waals surface area contributed by atoms with E-state index in [1.807, 2.05) is 23.9 Å². The molecule has 4 rings (SSSR count). The second kappa shape index (κ2) is 12.1. The average Bonchev–Trinajstić information content (AvgIpc) is 3.46. The molecule has 0 amide bonds. The summed E-state index contributed by atoms with van der Waals surface area (Å²) in [5, 5.41) is 0. The quantitative estimate of drug-likeness (QED) is 0.291. The summed E-state index contributed by atoms with van der Waals surface area (Å²) in [5.74, 6) is 4.94. The third-order valence-corrected chi connectivity index (χ3v) is 7.00. The number of ether oxygens (including phenoxy) is 1. The Bertz CT molecular complexity index is 1430. The number of nitrogens with two attached hydrogens (primary N) is 1. The Hall–Kier alpha value is -3.90. The minimum atomic E-state index is -0.718. The van der Waals surface area contributed by atoms with E-state index in [0.717, 1.165) is 43.1 Å². The van der Waals surface area contributed by atoms with E-state index in [4.69, 9.17) is 10.5 Å². The summed E-state index contributed by atoms with van der Waals surface area (Å²) in [4.78, 5) is 19.5. The van der Waals surface area contributed by atoms with Gasteiger partial charge in [0.25, 0.3) is 11.6 Å². The highest BCUT2D eigenvalue weighted by Crippen LogP contribution is 2.29. The highest BCUT2D eigenvalue weighted by Gasteiger charge is 2.22. The number of hydrogen-bond acceptors (Lipinski definition) is 4. The summed E-state index contributed by atoms with van der Waals surface area (Å²) in [6, 6.07) is 8.94. The van der Waals surface area contributed by atoms with Crippen LogP contribution in [0.25, 0.3) is 0 Å². The van der Waals surface area contributed by atoms with Crippen molar-refractivity contribution in [1.82, 2.24) is 14.0 Å². The molecule has 0 aliphatic carbocycles. The number of amidine groups is 1. The number of benzene rings is 1. The smallest absolute Gasteiger partial charge is 0.288 e. The molecular weight excluding hydrogens is 488 g/mol. The molecule has 0 radical (unpaired) electrons. The first kappa shape index (κ1) is 27.1. The molecule has 2 N–H and O–H groups in total. The minimum absolute atomic E-state index is 0.0999. The number of pyridine rings is 1. The maximum atomic E-state index is 14.7. The maximum Gasteiger partial charge on any atom is 0.288 e. The second-order valence-corrected chi connectivity index (χ2v) is 9.65. The van der Waals surface area contributed by atoms with Gasteiger partial charge < -0.3 is 24.5 Å². The van der Waals surface area contributed by atoms with Crippen LogP contribution in [-0.2, 0) is 25.3 Å². The molecule has 0 spiro atoms. The lowest BCUT2D eigenvalue weighted by atomic mass is 9.89. The number of nitrogens with zero attached hydrogens (tertiary/aromatic N) is 4. The van der Waals surface area contributed by atoms with E-state index in [1.54, 1.807) is 25.4 Å². The van der Waals surface area contributed by atoms with Crippen molar-refractivity contribution in [2.75, 3.05) is 20.2 Å². The zero-order valence-corrected chi connectivity index (χ0v) is 22.0. The number of likely N-dealkylation sites (N-methyl/N-ethyl adjacent to an activating group) is 1. The van der Waals surface area contributed by atoms with E-state index in [-0.39, 0.29) is 23.6 Å². The first-order valence-corrected chi connectivity index (χ1v) is 12.6. The fraction of sp³-hybridized carbons (Fsp3) is 0.379. The summed E-state index contributed by atoms with van der Waals surface area (Å²) in [7, 11) is 5.56. The summed E-state index contributed by atoms with van der Waals surface area (Å²) in [6.45, 7) is 1.54. The minimum Gasteiger partial charge on any atom is -0.463 e. The third-order valence-electron chi connectivity index (χ3n) is 7.00. The largest absolute Gasteiger partial charge is 0.463 e. The van der Waals surface area contributed by atoms with Gasteiger partial charge in [0.05, 0.1) is 0 Å². The topological polar surface area (TPSA) is 77.8 Å². The van der Waals surface area contributed by atoms with E-state index >= 15 is 0 Å². The predicted octanol–water partition coefficient (Wildman–Crippen LogP) is 3.83. The van der Waals surface area contributed by atoms with Crippen LogP contribution < -0.4 is 11.3 Å². The second-order valence-electron chi connectivity index (χ2n) is 9.65.